The van der Waals surface area contributed by atoms with E-state index in [1.807, 2.05) is 0 Å². The quantitative estimate of drug-likeness (QED) is 0.849. The molecule has 1 saturated carbocycles. The lowest BCUT2D eigenvalue weighted by molar-refractivity contribution is -0.137. The molecule has 6 nitrogen and oxygen atoms in total. The molecule has 28 heavy (non-hydrogen) atoms. The van der Waals surface area contributed by atoms with E-state index in [-0.39, 0.29) is 30.6 Å². The molecule has 2 fully saturated rings. The zero-order chi connectivity index (χ0) is 20.5. The molecular formula is C19H21F3N4O2. The summed E-state index contributed by atoms with van der Waals surface area (Å²) < 4.78 is 39.9. The molecule has 9 heteroatoms. The fourth-order valence-electron chi connectivity index (χ4n) is 3.45. The van der Waals surface area contributed by atoms with Gasteiger partial charge in [0, 0.05) is 32.2 Å². The highest BCUT2D eigenvalue weighted by Gasteiger charge is 2.38. The van der Waals surface area contributed by atoms with Gasteiger partial charge in [-0.25, -0.2) is 0 Å². The molecule has 1 aromatic rings. The standard InChI is InChI=1S/C19H21F3N4O2/c1-24-18(28)16-11-25(17(27)8-12-2-3-12)6-7-26(16)14-5-4-13(10-23)15(9-14)19(20,21)22/h4-5,9,12,16H,2-3,6-8,11H2,1H3,(H,24,28). The number of carbonyl (C=O) groups is 2. The Morgan fingerprint density at radius 1 is 1.29 bits per heavy atom. The van der Waals surface area contributed by atoms with Gasteiger partial charge in [-0.3, -0.25) is 9.59 Å². The highest BCUT2D eigenvalue weighted by Crippen LogP contribution is 2.36. The molecule has 0 aromatic heterocycles. The van der Waals surface area contributed by atoms with E-state index >= 15 is 0 Å². The smallest absolute Gasteiger partial charge is 0.357 e. The number of nitrogens with one attached hydrogen (secondary N) is 1. The minimum Gasteiger partial charge on any atom is -0.357 e. The van der Waals surface area contributed by atoms with Crippen molar-refractivity contribution in [1.29, 1.82) is 5.26 Å². The van der Waals surface area contributed by atoms with Crippen molar-refractivity contribution in [2.45, 2.75) is 31.5 Å². The number of amides is 2. The molecule has 1 saturated heterocycles. The van der Waals surface area contributed by atoms with Crippen molar-refractivity contribution in [2.75, 3.05) is 31.6 Å². The molecule has 0 spiro atoms. The normalized spacial score (nSPS) is 19.9. The summed E-state index contributed by atoms with van der Waals surface area (Å²) in [5, 5.41) is 11.5. The Hall–Kier alpha value is -2.76. The van der Waals surface area contributed by atoms with Crippen molar-refractivity contribution in [1.82, 2.24) is 10.2 Å². The highest BCUT2D eigenvalue weighted by atomic mass is 19.4. The van der Waals surface area contributed by atoms with E-state index in [0.29, 0.717) is 18.9 Å². The number of alkyl halides is 3. The molecular weight excluding hydrogens is 373 g/mol. The number of benzene rings is 1. The molecule has 1 aliphatic carbocycles. The van der Waals surface area contributed by atoms with Crippen LogP contribution in [0.2, 0.25) is 0 Å². The predicted octanol–water partition coefficient (Wildman–Crippen LogP) is 2.14. The summed E-state index contributed by atoms with van der Waals surface area (Å²) >= 11 is 0. The minimum atomic E-state index is -4.67. The fourth-order valence-corrected chi connectivity index (χ4v) is 3.45. The van der Waals surface area contributed by atoms with Gasteiger partial charge in [0.15, 0.2) is 0 Å². The molecule has 0 radical (unpaired) electrons. The van der Waals surface area contributed by atoms with Crippen LogP contribution in [0, 0.1) is 17.2 Å². The van der Waals surface area contributed by atoms with E-state index in [0.717, 1.165) is 25.0 Å². The van der Waals surface area contributed by atoms with Crippen LogP contribution in [0.25, 0.3) is 0 Å². The van der Waals surface area contributed by atoms with Gasteiger partial charge in [0.1, 0.15) is 6.04 Å². The van der Waals surface area contributed by atoms with Crippen LogP contribution in [-0.4, -0.2) is 49.4 Å². The number of anilines is 1. The Kier molecular flexibility index (Phi) is 5.49. The van der Waals surface area contributed by atoms with E-state index < -0.39 is 23.3 Å². The van der Waals surface area contributed by atoms with E-state index in [1.165, 1.54) is 13.1 Å². The van der Waals surface area contributed by atoms with Crippen molar-refractivity contribution in [2.24, 2.45) is 5.92 Å². The number of halogens is 3. The Balaban J connectivity index is 1.87. The first-order valence-electron chi connectivity index (χ1n) is 9.12. The predicted molar refractivity (Wildman–Crippen MR) is 95.3 cm³/mol. The lowest BCUT2D eigenvalue weighted by Crippen LogP contribution is -2.60. The molecule has 1 N–H and O–H groups in total. The van der Waals surface area contributed by atoms with Crippen LogP contribution in [0.15, 0.2) is 18.2 Å². The van der Waals surface area contributed by atoms with E-state index in [2.05, 4.69) is 5.32 Å². The summed E-state index contributed by atoms with van der Waals surface area (Å²) in [6.07, 6.45) is -2.15. The van der Waals surface area contributed by atoms with Crippen LogP contribution < -0.4 is 10.2 Å². The Morgan fingerprint density at radius 3 is 2.57 bits per heavy atom. The number of likely N-dealkylation sites (N-methyl/N-ethyl adjacent to an activating group) is 1. The van der Waals surface area contributed by atoms with Crippen LogP contribution in [0.5, 0.6) is 0 Å². The van der Waals surface area contributed by atoms with Gasteiger partial charge < -0.3 is 15.1 Å². The summed E-state index contributed by atoms with van der Waals surface area (Å²) in [7, 11) is 1.45. The lowest BCUT2D eigenvalue weighted by atomic mass is 10.0. The average molecular weight is 394 g/mol. The van der Waals surface area contributed by atoms with Crippen molar-refractivity contribution < 1.29 is 22.8 Å². The summed E-state index contributed by atoms with van der Waals surface area (Å²) in [6, 6.07) is 4.18. The van der Waals surface area contributed by atoms with Crippen molar-refractivity contribution in [3.63, 3.8) is 0 Å². The minimum absolute atomic E-state index is 0.0214. The Labute approximate surface area is 160 Å². The number of nitrogens with zero attached hydrogens (tertiary/aromatic N) is 3. The second kappa shape index (κ2) is 7.70. The second-order valence-electron chi connectivity index (χ2n) is 7.15. The fraction of sp³-hybridized carbons (Fsp3) is 0.526. The molecule has 2 amide bonds. The lowest BCUT2D eigenvalue weighted by Gasteiger charge is -2.42. The van der Waals surface area contributed by atoms with Gasteiger partial charge in [0.25, 0.3) is 0 Å². The molecule has 1 unspecified atom stereocenters. The maximum absolute atomic E-state index is 13.3. The number of rotatable bonds is 4. The van der Waals surface area contributed by atoms with Crippen molar-refractivity contribution in [3.05, 3.63) is 29.3 Å². The monoisotopic (exact) mass is 394 g/mol. The third-order valence-electron chi connectivity index (χ3n) is 5.20. The first-order chi connectivity index (χ1) is 13.2. The topological polar surface area (TPSA) is 76.4 Å². The molecule has 150 valence electrons. The molecule has 1 atom stereocenters. The van der Waals surface area contributed by atoms with Crippen LogP contribution in [-0.2, 0) is 15.8 Å². The summed E-state index contributed by atoms with van der Waals surface area (Å²) in [5.41, 5.74) is -1.30. The van der Waals surface area contributed by atoms with Gasteiger partial charge in [-0.2, -0.15) is 18.4 Å². The van der Waals surface area contributed by atoms with Gasteiger partial charge in [-0.05, 0) is 37.0 Å². The first-order valence-corrected chi connectivity index (χ1v) is 9.12. The Morgan fingerprint density at radius 2 is 2.00 bits per heavy atom. The Bertz CT molecular complexity index is 814. The second-order valence-corrected chi connectivity index (χ2v) is 7.15. The molecule has 3 rings (SSSR count). The van der Waals surface area contributed by atoms with Crippen LogP contribution in [0.4, 0.5) is 18.9 Å². The van der Waals surface area contributed by atoms with Crippen molar-refractivity contribution in [3.8, 4) is 6.07 Å². The third-order valence-corrected chi connectivity index (χ3v) is 5.20. The SMILES string of the molecule is CNC(=O)C1CN(C(=O)CC2CC2)CCN1c1ccc(C#N)c(C(F)(F)F)c1. The van der Waals surface area contributed by atoms with E-state index in [4.69, 9.17) is 5.26 Å². The number of carbonyl (C=O) groups excluding carboxylic acids is 2. The van der Waals surface area contributed by atoms with Crippen LogP contribution >= 0.6 is 0 Å². The van der Waals surface area contributed by atoms with E-state index in [1.54, 1.807) is 15.9 Å². The van der Waals surface area contributed by atoms with Crippen molar-refractivity contribution >= 4 is 17.5 Å². The first kappa shape index (κ1) is 20.0. The molecule has 0 bridgehead atoms. The molecule has 1 heterocycles. The van der Waals surface area contributed by atoms with Crippen LogP contribution in [0.3, 0.4) is 0 Å². The van der Waals surface area contributed by atoms with Crippen LogP contribution in [0.1, 0.15) is 30.4 Å². The largest absolute Gasteiger partial charge is 0.417 e. The van der Waals surface area contributed by atoms with Gasteiger partial charge in [0.05, 0.1) is 23.7 Å². The molecule has 2 aliphatic rings. The highest BCUT2D eigenvalue weighted by molar-refractivity contribution is 5.87. The number of hydrogen-bond donors (Lipinski definition) is 1. The maximum Gasteiger partial charge on any atom is 0.417 e. The maximum atomic E-state index is 13.3. The summed E-state index contributed by atoms with van der Waals surface area (Å²) in [5.74, 6) is 0.0190. The van der Waals surface area contributed by atoms with Gasteiger partial charge >= 0.3 is 6.18 Å². The number of nitriles is 1. The molecule has 1 aromatic carbocycles. The number of piperazine rings is 1. The summed E-state index contributed by atoms with van der Waals surface area (Å²) in [6.45, 7) is 0.685. The third kappa shape index (κ3) is 4.21. The van der Waals surface area contributed by atoms with Gasteiger partial charge in [-0.15, -0.1) is 0 Å². The van der Waals surface area contributed by atoms with Gasteiger partial charge in [-0.1, -0.05) is 0 Å². The number of hydrogen-bond acceptors (Lipinski definition) is 4. The average Bonchev–Trinajstić information content (AvgIpc) is 3.49. The zero-order valence-corrected chi connectivity index (χ0v) is 15.4. The van der Waals surface area contributed by atoms with Gasteiger partial charge in [0.2, 0.25) is 11.8 Å². The van der Waals surface area contributed by atoms with E-state index in [9.17, 15) is 22.8 Å². The molecule has 1 aliphatic heterocycles. The zero-order valence-electron chi connectivity index (χ0n) is 15.4. The summed E-state index contributed by atoms with van der Waals surface area (Å²) in [4.78, 5) is 28.0.